The van der Waals surface area contributed by atoms with Crippen molar-refractivity contribution in [2.75, 3.05) is 32.6 Å². The highest BCUT2D eigenvalue weighted by molar-refractivity contribution is 9.10. The molecule has 1 aliphatic heterocycles. The second kappa shape index (κ2) is 9.36. The maximum atomic E-state index is 13.0. The molecule has 0 bridgehead atoms. The Bertz CT molecular complexity index is 1030. The Balaban J connectivity index is 1.66. The van der Waals surface area contributed by atoms with Gasteiger partial charge in [0, 0.05) is 29.5 Å². The minimum absolute atomic E-state index is 0.0947. The molecule has 0 radical (unpaired) electrons. The molecule has 9 heteroatoms. The molecule has 1 saturated heterocycles. The molecule has 30 heavy (non-hydrogen) atoms. The van der Waals surface area contributed by atoms with Crippen LogP contribution < -0.4 is 14.8 Å². The van der Waals surface area contributed by atoms with Crippen LogP contribution in [0.3, 0.4) is 0 Å². The Morgan fingerprint density at radius 3 is 2.33 bits per heavy atom. The first-order valence-electron chi connectivity index (χ1n) is 9.55. The van der Waals surface area contributed by atoms with Gasteiger partial charge in [-0.25, -0.2) is 8.42 Å². The van der Waals surface area contributed by atoms with E-state index in [0.717, 1.165) is 10.0 Å². The molecule has 1 N–H and O–H groups in total. The molecular weight excluding hydrogens is 472 g/mol. The van der Waals surface area contributed by atoms with E-state index in [4.69, 9.17) is 9.47 Å². The lowest BCUT2D eigenvalue weighted by molar-refractivity contribution is -0.120. The van der Waals surface area contributed by atoms with E-state index < -0.39 is 10.0 Å². The van der Waals surface area contributed by atoms with Crippen molar-refractivity contribution in [3.8, 4) is 11.5 Å². The molecule has 0 aromatic heterocycles. The van der Waals surface area contributed by atoms with Gasteiger partial charge in [0.25, 0.3) is 0 Å². The SMILES string of the molecule is COc1ccc(S(=O)(=O)N2CCC(C(=O)Nc3ccc(C)cc3Br)CC2)cc1OC. The van der Waals surface area contributed by atoms with E-state index in [9.17, 15) is 13.2 Å². The van der Waals surface area contributed by atoms with E-state index in [1.165, 1.54) is 30.7 Å². The maximum Gasteiger partial charge on any atom is 0.243 e. The molecule has 1 heterocycles. The van der Waals surface area contributed by atoms with Gasteiger partial charge in [0.05, 0.1) is 24.8 Å². The summed E-state index contributed by atoms with van der Waals surface area (Å²) in [7, 11) is -0.720. The monoisotopic (exact) mass is 496 g/mol. The number of hydrogen-bond acceptors (Lipinski definition) is 5. The van der Waals surface area contributed by atoms with Crippen molar-refractivity contribution in [3.63, 3.8) is 0 Å². The molecule has 0 saturated carbocycles. The third-order valence-electron chi connectivity index (χ3n) is 5.20. The average Bonchev–Trinajstić information content (AvgIpc) is 2.75. The molecule has 0 unspecified atom stereocenters. The average molecular weight is 497 g/mol. The highest BCUT2D eigenvalue weighted by Gasteiger charge is 2.32. The summed E-state index contributed by atoms with van der Waals surface area (Å²) in [6, 6.07) is 10.3. The van der Waals surface area contributed by atoms with Gasteiger partial charge in [-0.05, 0) is 65.5 Å². The van der Waals surface area contributed by atoms with Crippen LogP contribution in [0.15, 0.2) is 45.8 Å². The summed E-state index contributed by atoms with van der Waals surface area (Å²) < 4.78 is 38.7. The van der Waals surface area contributed by atoms with Crippen LogP contribution in [0.4, 0.5) is 5.69 Å². The van der Waals surface area contributed by atoms with E-state index in [2.05, 4.69) is 21.2 Å². The fourth-order valence-corrected chi connectivity index (χ4v) is 5.52. The zero-order valence-corrected chi connectivity index (χ0v) is 19.5. The number of carbonyl (C=O) groups excluding carboxylic acids is 1. The number of hydrogen-bond donors (Lipinski definition) is 1. The first kappa shape index (κ1) is 22.6. The van der Waals surface area contributed by atoms with Crippen molar-refractivity contribution in [2.45, 2.75) is 24.7 Å². The first-order chi connectivity index (χ1) is 14.3. The minimum Gasteiger partial charge on any atom is -0.493 e. The zero-order valence-electron chi connectivity index (χ0n) is 17.1. The van der Waals surface area contributed by atoms with E-state index >= 15 is 0 Å². The molecule has 0 aliphatic carbocycles. The number of carbonyl (C=O) groups is 1. The maximum absolute atomic E-state index is 13.0. The molecule has 1 fully saturated rings. The molecule has 2 aromatic carbocycles. The van der Waals surface area contributed by atoms with Crippen molar-refractivity contribution in [1.29, 1.82) is 0 Å². The smallest absolute Gasteiger partial charge is 0.243 e. The summed E-state index contributed by atoms with van der Waals surface area (Å²) in [4.78, 5) is 12.8. The zero-order chi connectivity index (χ0) is 21.9. The molecule has 2 aromatic rings. The standard InChI is InChI=1S/C21H25BrN2O5S/c1-14-4-6-18(17(22)12-14)23-21(25)15-8-10-24(11-9-15)30(26,27)16-5-7-19(28-2)20(13-16)29-3/h4-7,12-13,15H,8-11H2,1-3H3,(H,23,25). The van der Waals surface area contributed by atoms with Gasteiger partial charge in [-0.15, -0.1) is 0 Å². The van der Waals surface area contributed by atoms with Crippen molar-refractivity contribution in [3.05, 3.63) is 46.4 Å². The first-order valence-corrected chi connectivity index (χ1v) is 11.8. The number of rotatable bonds is 6. The van der Waals surface area contributed by atoms with Crippen molar-refractivity contribution < 1.29 is 22.7 Å². The lowest BCUT2D eigenvalue weighted by Gasteiger charge is -2.30. The largest absolute Gasteiger partial charge is 0.493 e. The number of amides is 1. The summed E-state index contributed by atoms with van der Waals surface area (Å²) in [5.74, 6) is 0.489. The Kier molecular flexibility index (Phi) is 7.05. The molecule has 7 nitrogen and oxygen atoms in total. The predicted molar refractivity (Wildman–Crippen MR) is 119 cm³/mol. The summed E-state index contributed by atoms with van der Waals surface area (Å²) >= 11 is 3.46. The van der Waals surface area contributed by atoms with Gasteiger partial charge in [-0.1, -0.05) is 6.07 Å². The van der Waals surface area contributed by atoms with Gasteiger partial charge >= 0.3 is 0 Å². The number of methoxy groups -OCH3 is 2. The number of benzene rings is 2. The minimum atomic E-state index is -3.68. The number of piperidine rings is 1. The number of halogens is 1. The molecular formula is C21H25BrN2O5S. The second-order valence-electron chi connectivity index (χ2n) is 7.17. The quantitative estimate of drug-likeness (QED) is 0.656. The molecule has 1 aliphatic rings. The summed E-state index contributed by atoms with van der Waals surface area (Å²) in [5, 5.41) is 2.94. The van der Waals surface area contributed by atoms with Crippen LogP contribution in [0.25, 0.3) is 0 Å². The Labute approximate surface area is 185 Å². The fraction of sp³-hybridized carbons (Fsp3) is 0.381. The van der Waals surface area contributed by atoms with E-state index in [1.54, 1.807) is 6.07 Å². The number of anilines is 1. The van der Waals surface area contributed by atoms with Crippen molar-refractivity contribution >= 4 is 37.5 Å². The summed E-state index contributed by atoms with van der Waals surface area (Å²) in [5.41, 5.74) is 1.81. The van der Waals surface area contributed by atoms with Crippen LogP contribution in [0, 0.1) is 12.8 Å². The van der Waals surface area contributed by atoms with Crippen LogP contribution in [-0.2, 0) is 14.8 Å². The fourth-order valence-electron chi connectivity index (χ4n) is 3.44. The molecule has 3 rings (SSSR count). The van der Waals surface area contributed by atoms with E-state index in [0.29, 0.717) is 30.0 Å². The Morgan fingerprint density at radius 2 is 1.73 bits per heavy atom. The normalized spacial score (nSPS) is 15.6. The number of nitrogens with one attached hydrogen (secondary N) is 1. The van der Waals surface area contributed by atoms with Crippen LogP contribution in [0.2, 0.25) is 0 Å². The van der Waals surface area contributed by atoms with Gasteiger partial charge in [0.15, 0.2) is 11.5 Å². The number of ether oxygens (including phenoxy) is 2. The van der Waals surface area contributed by atoms with Crippen LogP contribution in [-0.4, -0.2) is 45.9 Å². The van der Waals surface area contributed by atoms with Gasteiger partial charge in [-0.2, -0.15) is 4.31 Å². The highest BCUT2D eigenvalue weighted by atomic mass is 79.9. The Morgan fingerprint density at radius 1 is 1.07 bits per heavy atom. The topological polar surface area (TPSA) is 84.9 Å². The van der Waals surface area contributed by atoms with Gasteiger partial charge in [0.1, 0.15) is 0 Å². The van der Waals surface area contributed by atoms with Crippen LogP contribution in [0.1, 0.15) is 18.4 Å². The van der Waals surface area contributed by atoms with Gasteiger partial charge in [-0.3, -0.25) is 4.79 Å². The molecule has 1 amide bonds. The number of sulfonamides is 1. The number of nitrogens with zero attached hydrogens (tertiary/aromatic N) is 1. The molecule has 0 spiro atoms. The van der Waals surface area contributed by atoms with E-state index in [1.807, 2.05) is 25.1 Å². The predicted octanol–water partition coefficient (Wildman–Crippen LogP) is 3.81. The van der Waals surface area contributed by atoms with Gasteiger partial charge < -0.3 is 14.8 Å². The highest BCUT2D eigenvalue weighted by Crippen LogP contribution is 2.32. The second-order valence-corrected chi connectivity index (χ2v) is 9.96. The molecule has 0 atom stereocenters. The lowest BCUT2D eigenvalue weighted by Crippen LogP contribution is -2.41. The lowest BCUT2D eigenvalue weighted by atomic mass is 9.97. The van der Waals surface area contributed by atoms with Gasteiger partial charge in [0.2, 0.25) is 15.9 Å². The molecule has 162 valence electrons. The van der Waals surface area contributed by atoms with E-state index in [-0.39, 0.29) is 29.8 Å². The van der Waals surface area contributed by atoms with Crippen molar-refractivity contribution in [2.24, 2.45) is 5.92 Å². The number of aryl methyl sites for hydroxylation is 1. The third-order valence-corrected chi connectivity index (χ3v) is 7.75. The van der Waals surface area contributed by atoms with Crippen LogP contribution in [0.5, 0.6) is 11.5 Å². The summed E-state index contributed by atoms with van der Waals surface area (Å²) in [6.07, 6.45) is 0.920. The summed E-state index contributed by atoms with van der Waals surface area (Å²) in [6.45, 7) is 2.54. The van der Waals surface area contributed by atoms with Crippen LogP contribution >= 0.6 is 15.9 Å². The van der Waals surface area contributed by atoms with Crippen molar-refractivity contribution in [1.82, 2.24) is 4.31 Å². The Hall–Kier alpha value is -2.10. The third kappa shape index (κ3) is 4.79.